The maximum absolute atomic E-state index is 3.04. The largest absolute Gasteiger partial charge is 0.107 e. The molecular formula is C8H14. The van der Waals surface area contributed by atoms with Crippen molar-refractivity contribution in [1.82, 2.24) is 0 Å². The van der Waals surface area contributed by atoms with Crippen LogP contribution in [-0.2, 0) is 0 Å². The summed E-state index contributed by atoms with van der Waals surface area (Å²) in [6, 6.07) is 0. The van der Waals surface area contributed by atoms with E-state index >= 15 is 0 Å². The van der Waals surface area contributed by atoms with E-state index in [0.29, 0.717) is 5.41 Å². The molecule has 0 aliphatic rings. The minimum absolute atomic E-state index is 0.378. The van der Waals surface area contributed by atoms with Crippen LogP contribution in [0.1, 0.15) is 34.1 Å². The van der Waals surface area contributed by atoms with Crippen molar-refractivity contribution >= 4 is 0 Å². The van der Waals surface area contributed by atoms with Gasteiger partial charge in [0, 0.05) is 6.42 Å². The molecule has 0 aromatic rings. The third kappa shape index (κ3) is 5.56. The van der Waals surface area contributed by atoms with Crippen LogP contribution in [-0.4, -0.2) is 0 Å². The lowest BCUT2D eigenvalue weighted by Gasteiger charge is -2.12. The van der Waals surface area contributed by atoms with Gasteiger partial charge >= 0.3 is 0 Å². The first kappa shape index (κ1) is 7.56. The molecule has 0 fully saturated rings. The lowest BCUT2D eigenvalue weighted by Crippen LogP contribution is -2.01. The van der Waals surface area contributed by atoms with Crippen LogP contribution in [0.25, 0.3) is 0 Å². The van der Waals surface area contributed by atoms with Crippen molar-refractivity contribution in [3.8, 4) is 11.8 Å². The maximum Gasteiger partial charge on any atom is 0.0137 e. The van der Waals surface area contributed by atoms with Crippen LogP contribution in [0.15, 0.2) is 0 Å². The quantitative estimate of drug-likeness (QED) is 0.420. The van der Waals surface area contributed by atoms with Gasteiger partial charge in [0.15, 0.2) is 0 Å². The standard InChI is InChI=1S/C8H14/c1-5-6-7-8(2,3)4/h7H2,1-4H3. The smallest absolute Gasteiger partial charge is 0.0137 e. The van der Waals surface area contributed by atoms with Crippen molar-refractivity contribution in [3.63, 3.8) is 0 Å². The van der Waals surface area contributed by atoms with Gasteiger partial charge in [0.1, 0.15) is 0 Å². The van der Waals surface area contributed by atoms with E-state index in [1.54, 1.807) is 0 Å². The first-order valence-electron chi connectivity index (χ1n) is 2.96. The van der Waals surface area contributed by atoms with E-state index in [1.807, 2.05) is 6.92 Å². The van der Waals surface area contributed by atoms with Crippen molar-refractivity contribution in [1.29, 1.82) is 0 Å². The summed E-state index contributed by atoms with van der Waals surface area (Å²) >= 11 is 0. The van der Waals surface area contributed by atoms with Gasteiger partial charge in [0.05, 0.1) is 0 Å². The number of hydrogen-bond acceptors (Lipinski definition) is 0. The lowest BCUT2D eigenvalue weighted by molar-refractivity contribution is 0.428. The highest BCUT2D eigenvalue weighted by atomic mass is 14.1. The first-order chi connectivity index (χ1) is 3.56. The molecule has 0 unspecified atom stereocenters. The van der Waals surface area contributed by atoms with Gasteiger partial charge in [-0.2, -0.15) is 0 Å². The van der Waals surface area contributed by atoms with Crippen molar-refractivity contribution in [2.24, 2.45) is 5.41 Å². The molecule has 0 N–H and O–H groups in total. The molecule has 0 aromatic carbocycles. The normalized spacial score (nSPS) is 10.0. The monoisotopic (exact) mass is 110 g/mol. The van der Waals surface area contributed by atoms with Crippen LogP contribution in [0.2, 0.25) is 0 Å². The fourth-order valence-corrected chi connectivity index (χ4v) is 0.354. The Balaban J connectivity index is 3.50. The average molecular weight is 110 g/mol. The summed E-state index contributed by atoms with van der Waals surface area (Å²) in [5.74, 6) is 5.91. The molecule has 0 radical (unpaired) electrons. The van der Waals surface area contributed by atoms with Crippen LogP contribution in [0.5, 0.6) is 0 Å². The Bertz CT molecular complexity index is 104. The minimum atomic E-state index is 0.378. The summed E-state index contributed by atoms with van der Waals surface area (Å²) in [5, 5.41) is 0. The number of hydrogen-bond donors (Lipinski definition) is 0. The molecule has 0 atom stereocenters. The second-order valence-corrected chi connectivity index (χ2v) is 3.16. The van der Waals surface area contributed by atoms with Gasteiger partial charge in [0.25, 0.3) is 0 Å². The van der Waals surface area contributed by atoms with Gasteiger partial charge < -0.3 is 0 Å². The molecule has 0 aliphatic carbocycles. The Morgan fingerprint density at radius 3 is 1.88 bits per heavy atom. The van der Waals surface area contributed by atoms with Gasteiger partial charge in [-0.25, -0.2) is 0 Å². The van der Waals surface area contributed by atoms with Crippen molar-refractivity contribution in [3.05, 3.63) is 0 Å². The highest BCUT2D eigenvalue weighted by Crippen LogP contribution is 2.16. The van der Waals surface area contributed by atoms with E-state index in [9.17, 15) is 0 Å². The van der Waals surface area contributed by atoms with Gasteiger partial charge in [-0.15, -0.1) is 11.8 Å². The zero-order chi connectivity index (χ0) is 6.62. The molecule has 0 aliphatic heterocycles. The van der Waals surface area contributed by atoms with Gasteiger partial charge in [-0.1, -0.05) is 20.8 Å². The fraction of sp³-hybridized carbons (Fsp3) is 0.750. The van der Waals surface area contributed by atoms with Crippen LogP contribution in [0.3, 0.4) is 0 Å². The van der Waals surface area contributed by atoms with E-state index in [1.165, 1.54) is 0 Å². The van der Waals surface area contributed by atoms with Crippen LogP contribution in [0.4, 0.5) is 0 Å². The van der Waals surface area contributed by atoms with Crippen molar-refractivity contribution in [2.45, 2.75) is 34.1 Å². The molecule has 0 heterocycles. The Hall–Kier alpha value is -0.440. The van der Waals surface area contributed by atoms with Crippen LogP contribution in [0, 0.1) is 17.3 Å². The summed E-state index contributed by atoms with van der Waals surface area (Å²) in [5.41, 5.74) is 0.378. The summed E-state index contributed by atoms with van der Waals surface area (Å²) in [7, 11) is 0. The molecule has 0 aromatic heterocycles. The highest BCUT2D eigenvalue weighted by Gasteiger charge is 2.05. The Morgan fingerprint density at radius 2 is 1.75 bits per heavy atom. The zero-order valence-corrected chi connectivity index (χ0v) is 6.21. The van der Waals surface area contributed by atoms with E-state index in [0.717, 1.165) is 6.42 Å². The Kier molecular flexibility index (Phi) is 2.62. The predicted molar refractivity (Wildman–Crippen MR) is 37.5 cm³/mol. The molecule has 0 heteroatoms. The molecule has 0 nitrogen and oxygen atoms in total. The third-order valence-electron chi connectivity index (χ3n) is 0.795. The van der Waals surface area contributed by atoms with Crippen LogP contribution >= 0.6 is 0 Å². The minimum Gasteiger partial charge on any atom is -0.107 e. The summed E-state index contributed by atoms with van der Waals surface area (Å²) in [4.78, 5) is 0. The van der Waals surface area contributed by atoms with E-state index in [4.69, 9.17) is 0 Å². The fourth-order valence-electron chi connectivity index (χ4n) is 0.354. The highest BCUT2D eigenvalue weighted by molar-refractivity contribution is 4.97. The van der Waals surface area contributed by atoms with E-state index < -0.39 is 0 Å². The molecule has 0 bridgehead atoms. The second kappa shape index (κ2) is 2.77. The topological polar surface area (TPSA) is 0 Å². The molecular weight excluding hydrogens is 96.1 g/mol. The van der Waals surface area contributed by atoms with Gasteiger partial charge in [-0.3, -0.25) is 0 Å². The molecule has 0 saturated heterocycles. The third-order valence-corrected chi connectivity index (χ3v) is 0.795. The SMILES string of the molecule is CC#CCC(C)(C)C. The second-order valence-electron chi connectivity index (χ2n) is 3.16. The molecule has 8 heavy (non-hydrogen) atoms. The maximum atomic E-state index is 3.04. The first-order valence-corrected chi connectivity index (χ1v) is 2.96. The molecule has 0 amide bonds. The summed E-state index contributed by atoms with van der Waals surface area (Å²) < 4.78 is 0. The molecule has 46 valence electrons. The van der Waals surface area contributed by atoms with Gasteiger partial charge in [0.2, 0.25) is 0 Å². The van der Waals surface area contributed by atoms with Gasteiger partial charge in [-0.05, 0) is 12.3 Å². The molecule has 0 spiro atoms. The number of rotatable bonds is 0. The van der Waals surface area contributed by atoms with Crippen LogP contribution < -0.4 is 0 Å². The predicted octanol–water partition coefficient (Wildman–Crippen LogP) is 2.45. The van der Waals surface area contributed by atoms with Crippen molar-refractivity contribution < 1.29 is 0 Å². The van der Waals surface area contributed by atoms with E-state index in [2.05, 4.69) is 32.6 Å². The van der Waals surface area contributed by atoms with Crippen molar-refractivity contribution in [2.75, 3.05) is 0 Å². The zero-order valence-electron chi connectivity index (χ0n) is 6.21. The summed E-state index contributed by atoms with van der Waals surface area (Å²) in [6.07, 6.45) is 1.00. The average Bonchev–Trinajstić information content (AvgIpc) is 1.59. The Morgan fingerprint density at radius 1 is 1.25 bits per heavy atom. The molecule has 0 saturated carbocycles. The molecule has 0 rings (SSSR count). The van der Waals surface area contributed by atoms with E-state index in [-0.39, 0.29) is 0 Å². The summed E-state index contributed by atoms with van der Waals surface area (Å²) in [6.45, 7) is 8.46. The lowest BCUT2D eigenvalue weighted by atomic mass is 9.93. The Labute approximate surface area is 52.3 Å².